The van der Waals surface area contributed by atoms with E-state index in [0.717, 1.165) is 69.8 Å². The standard InChI is InChI=1S/C16H28N4O/c1-14(2)5-11-21-12-10-19-6-8-20(9-7-19)16-4-3-15(17)13-18-16/h3-4,13-14H,5-12,17H2,1-2H3. The second kappa shape index (κ2) is 8.20. The fraction of sp³-hybridized carbons (Fsp3) is 0.688. The zero-order valence-corrected chi connectivity index (χ0v) is 13.3. The van der Waals surface area contributed by atoms with E-state index in [0.29, 0.717) is 0 Å². The van der Waals surface area contributed by atoms with Gasteiger partial charge in [0.25, 0.3) is 0 Å². The lowest BCUT2D eigenvalue weighted by Crippen LogP contribution is -2.47. The van der Waals surface area contributed by atoms with Crippen molar-refractivity contribution in [3.05, 3.63) is 18.3 Å². The van der Waals surface area contributed by atoms with Gasteiger partial charge in [0, 0.05) is 39.3 Å². The molecule has 2 heterocycles. The number of ether oxygens (including phenoxy) is 1. The molecule has 0 unspecified atom stereocenters. The number of hydrogen-bond donors (Lipinski definition) is 1. The molecule has 0 radical (unpaired) electrons. The Bertz CT molecular complexity index is 399. The first-order chi connectivity index (χ1) is 10.1. The SMILES string of the molecule is CC(C)CCOCCN1CCN(c2ccc(N)cn2)CC1. The first-order valence-corrected chi connectivity index (χ1v) is 7.91. The van der Waals surface area contributed by atoms with Gasteiger partial charge in [0.15, 0.2) is 0 Å². The number of anilines is 2. The van der Waals surface area contributed by atoms with Gasteiger partial charge in [0.05, 0.1) is 18.5 Å². The summed E-state index contributed by atoms with van der Waals surface area (Å²) >= 11 is 0. The zero-order chi connectivity index (χ0) is 15.1. The van der Waals surface area contributed by atoms with Crippen LogP contribution in [0.15, 0.2) is 18.3 Å². The highest BCUT2D eigenvalue weighted by atomic mass is 16.5. The summed E-state index contributed by atoms with van der Waals surface area (Å²) in [6, 6.07) is 3.91. The van der Waals surface area contributed by atoms with Crippen LogP contribution in [0.25, 0.3) is 0 Å². The van der Waals surface area contributed by atoms with Crippen molar-refractivity contribution in [2.24, 2.45) is 5.92 Å². The van der Waals surface area contributed by atoms with Crippen LogP contribution in [0.4, 0.5) is 11.5 Å². The highest BCUT2D eigenvalue weighted by molar-refractivity contribution is 5.46. The summed E-state index contributed by atoms with van der Waals surface area (Å²) in [6.45, 7) is 11.4. The summed E-state index contributed by atoms with van der Waals surface area (Å²) < 4.78 is 5.69. The summed E-state index contributed by atoms with van der Waals surface area (Å²) in [5.41, 5.74) is 6.39. The van der Waals surface area contributed by atoms with Crippen LogP contribution in [-0.4, -0.2) is 55.8 Å². The van der Waals surface area contributed by atoms with Crippen molar-refractivity contribution in [1.82, 2.24) is 9.88 Å². The zero-order valence-electron chi connectivity index (χ0n) is 13.3. The number of piperazine rings is 1. The number of nitrogens with zero attached hydrogens (tertiary/aromatic N) is 3. The number of nitrogen functional groups attached to an aromatic ring is 1. The number of nitrogens with two attached hydrogens (primary N) is 1. The Morgan fingerprint density at radius 3 is 2.57 bits per heavy atom. The van der Waals surface area contributed by atoms with E-state index < -0.39 is 0 Å². The predicted molar refractivity (Wildman–Crippen MR) is 87.6 cm³/mol. The molecule has 0 aromatic carbocycles. The maximum atomic E-state index is 5.69. The third kappa shape index (κ3) is 5.52. The molecule has 1 saturated heterocycles. The maximum absolute atomic E-state index is 5.69. The Morgan fingerprint density at radius 2 is 1.95 bits per heavy atom. The Labute approximate surface area is 128 Å². The van der Waals surface area contributed by atoms with Crippen molar-refractivity contribution in [2.75, 3.05) is 56.6 Å². The molecule has 1 aliphatic rings. The van der Waals surface area contributed by atoms with E-state index in [-0.39, 0.29) is 0 Å². The largest absolute Gasteiger partial charge is 0.397 e. The van der Waals surface area contributed by atoms with E-state index >= 15 is 0 Å². The first kappa shape index (κ1) is 16.0. The van der Waals surface area contributed by atoms with Crippen molar-refractivity contribution in [3.63, 3.8) is 0 Å². The van der Waals surface area contributed by atoms with Crippen molar-refractivity contribution in [1.29, 1.82) is 0 Å². The Balaban J connectivity index is 1.63. The van der Waals surface area contributed by atoms with E-state index in [1.807, 2.05) is 12.1 Å². The summed E-state index contributed by atoms with van der Waals surface area (Å²) in [5.74, 6) is 1.75. The number of hydrogen-bond acceptors (Lipinski definition) is 5. The van der Waals surface area contributed by atoms with Gasteiger partial charge in [-0.05, 0) is 24.5 Å². The summed E-state index contributed by atoms with van der Waals surface area (Å²) in [5, 5.41) is 0. The topological polar surface area (TPSA) is 54.6 Å². The molecule has 0 amide bonds. The molecule has 0 aliphatic carbocycles. The van der Waals surface area contributed by atoms with Gasteiger partial charge in [-0.1, -0.05) is 13.8 Å². The molecule has 2 rings (SSSR count). The lowest BCUT2D eigenvalue weighted by Gasteiger charge is -2.35. The molecule has 1 aromatic heterocycles. The van der Waals surface area contributed by atoms with Crippen LogP contribution in [0.1, 0.15) is 20.3 Å². The fourth-order valence-electron chi connectivity index (χ4n) is 2.40. The molecular formula is C16H28N4O. The first-order valence-electron chi connectivity index (χ1n) is 7.91. The van der Waals surface area contributed by atoms with Gasteiger partial charge in [0.1, 0.15) is 5.82 Å². The predicted octanol–water partition coefficient (Wildman–Crippen LogP) is 1.85. The normalized spacial score (nSPS) is 16.6. The highest BCUT2D eigenvalue weighted by Crippen LogP contribution is 2.14. The Morgan fingerprint density at radius 1 is 1.19 bits per heavy atom. The lowest BCUT2D eigenvalue weighted by atomic mass is 10.1. The van der Waals surface area contributed by atoms with Gasteiger partial charge in [-0.25, -0.2) is 4.98 Å². The minimum Gasteiger partial charge on any atom is -0.397 e. The van der Waals surface area contributed by atoms with Gasteiger partial charge >= 0.3 is 0 Å². The van der Waals surface area contributed by atoms with Crippen molar-refractivity contribution in [2.45, 2.75) is 20.3 Å². The van der Waals surface area contributed by atoms with Crippen LogP contribution in [-0.2, 0) is 4.74 Å². The van der Waals surface area contributed by atoms with Crippen LogP contribution in [0.3, 0.4) is 0 Å². The smallest absolute Gasteiger partial charge is 0.128 e. The van der Waals surface area contributed by atoms with E-state index in [1.165, 1.54) is 0 Å². The van der Waals surface area contributed by atoms with Gasteiger partial charge in [-0.2, -0.15) is 0 Å². The average molecular weight is 292 g/mol. The van der Waals surface area contributed by atoms with Crippen molar-refractivity contribution >= 4 is 11.5 Å². The molecule has 2 N–H and O–H groups in total. The highest BCUT2D eigenvalue weighted by Gasteiger charge is 2.17. The third-order valence-electron chi connectivity index (χ3n) is 3.86. The van der Waals surface area contributed by atoms with E-state index in [2.05, 4.69) is 28.6 Å². The molecule has 21 heavy (non-hydrogen) atoms. The number of pyridine rings is 1. The number of aromatic nitrogens is 1. The molecule has 1 aliphatic heterocycles. The molecule has 0 atom stereocenters. The van der Waals surface area contributed by atoms with Crippen LogP contribution >= 0.6 is 0 Å². The molecule has 0 spiro atoms. The molecule has 5 nitrogen and oxygen atoms in total. The van der Waals surface area contributed by atoms with Crippen molar-refractivity contribution in [3.8, 4) is 0 Å². The van der Waals surface area contributed by atoms with Crippen molar-refractivity contribution < 1.29 is 4.74 Å². The van der Waals surface area contributed by atoms with Gasteiger partial charge in [-0.3, -0.25) is 4.90 Å². The molecule has 118 valence electrons. The van der Waals surface area contributed by atoms with Crippen LogP contribution in [0.5, 0.6) is 0 Å². The van der Waals surface area contributed by atoms with Crippen LogP contribution in [0.2, 0.25) is 0 Å². The molecule has 0 bridgehead atoms. The van der Waals surface area contributed by atoms with E-state index in [1.54, 1.807) is 6.20 Å². The molecule has 1 fully saturated rings. The third-order valence-corrected chi connectivity index (χ3v) is 3.86. The molecule has 1 aromatic rings. The lowest BCUT2D eigenvalue weighted by molar-refractivity contribution is 0.0941. The minimum atomic E-state index is 0.718. The van der Waals surface area contributed by atoms with Gasteiger partial charge in [-0.15, -0.1) is 0 Å². The maximum Gasteiger partial charge on any atom is 0.128 e. The number of rotatable bonds is 7. The van der Waals surface area contributed by atoms with Gasteiger partial charge < -0.3 is 15.4 Å². The summed E-state index contributed by atoms with van der Waals surface area (Å²) in [6.07, 6.45) is 2.88. The second-order valence-corrected chi connectivity index (χ2v) is 6.07. The second-order valence-electron chi connectivity index (χ2n) is 6.07. The minimum absolute atomic E-state index is 0.718. The molecular weight excluding hydrogens is 264 g/mol. The van der Waals surface area contributed by atoms with E-state index in [9.17, 15) is 0 Å². The fourth-order valence-corrected chi connectivity index (χ4v) is 2.40. The Kier molecular flexibility index (Phi) is 6.26. The monoisotopic (exact) mass is 292 g/mol. The quantitative estimate of drug-likeness (QED) is 0.777. The molecule has 0 saturated carbocycles. The summed E-state index contributed by atoms with van der Waals surface area (Å²) in [7, 11) is 0. The van der Waals surface area contributed by atoms with Crippen LogP contribution in [0, 0.1) is 5.92 Å². The van der Waals surface area contributed by atoms with Gasteiger partial charge in [0.2, 0.25) is 0 Å². The van der Waals surface area contributed by atoms with E-state index in [4.69, 9.17) is 10.5 Å². The Hall–Kier alpha value is -1.33. The molecule has 5 heteroatoms. The van der Waals surface area contributed by atoms with Crippen LogP contribution < -0.4 is 10.6 Å². The summed E-state index contributed by atoms with van der Waals surface area (Å²) in [4.78, 5) is 9.16. The average Bonchev–Trinajstić information content (AvgIpc) is 2.48.